The SMILES string of the molecule is CCNC(=O)[C@@H]1C[C@H](N)CN1C(=O)c1sc2cccc(F)c2c1Cl. The average molecular weight is 370 g/mol. The van der Waals surface area contributed by atoms with Crippen molar-refractivity contribution in [1.82, 2.24) is 10.2 Å². The van der Waals surface area contributed by atoms with Crippen LogP contribution in [0.4, 0.5) is 4.39 Å². The molecule has 0 spiro atoms. The summed E-state index contributed by atoms with van der Waals surface area (Å²) in [6, 6.07) is 3.69. The molecule has 2 amide bonds. The molecule has 0 aliphatic carbocycles. The summed E-state index contributed by atoms with van der Waals surface area (Å²) in [5.41, 5.74) is 5.94. The van der Waals surface area contributed by atoms with E-state index in [9.17, 15) is 14.0 Å². The van der Waals surface area contributed by atoms with Gasteiger partial charge in [-0.2, -0.15) is 0 Å². The number of thiophene rings is 1. The maximum absolute atomic E-state index is 14.0. The van der Waals surface area contributed by atoms with Crippen molar-refractivity contribution in [3.8, 4) is 0 Å². The average Bonchev–Trinajstić information content (AvgIpc) is 3.09. The van der Waals surface area contributed by atoms with Gasteiger partial charge in [-0.15, -0.1) is 11.3 Å². The number of nitrogens with zero attached hydrogens (tertiary/aromatic N) is 1. The number of carbonyl (C=O) groups excluding carboxylic acids is 2. The van der Waals surface area contributed by atoms with Crippen molar-refractivity contribution in [2.45, 2.75) is 25.4 Å². The molecule has 0 bridgehead atoms. The van der Waals surface area contributed by atoms with Crippen molar-refractivity contribution in [2.24, 2.45) is 5.73 Å². The summed E-state index contributed by atoms with van der Waals surface area (Å²) in [6.45, 7) is 2.56. The Balaban J connectivity index is 1.97. The van der Waals surface area contributed by atoms with Crippen molar-refractivity contribution in [3.05, 3.63) is 33.9 Å². The molecule has 0 radical (unpaired) electrons. The van der Waals surface area contributed by atoms with Crippen LogP contribution in [-0.2, 0) is 4.79 Å². The van der Waals surface area contributed by atoms with Gasteiger partial charge in [-0.3, -0.25) is 9.59 Å². The zero-order valence-electron chi connectivity index (χ0n) is 13.0. The molecule has 2 aromatic rings. The van der Waals surface area contributed by atoms with E-state index in [0.717, 1.165) is 11.3 Å². The summed E-state index contributed by atoms with van der Waals surface area (Å²) in [7, 11) is 0. The molecule has 3 N–H and O–H groups in total. The molecule has 3 rings (SSSR count). The number of nitrogens with two attached hydrogens (primary N) is 1. The Morgan fingerprint density at radius 3 is 2.92 bits per heavy atom. The number of halogens is 2. The first-order valence-electron chi connectivity index (χ1n) is 7.64. The van der Waals surface area contributed by atoms with Gasteiger partial charge in [0, 0.05) is 29.2 Å². The second-order valence-electron chi connectivity index (χ2n) is 5.72. The Morgan fingerprint density at radius 1 is 1.50 bits per heavy atom. The lowest BCUT2D eigenvalue weighted by molar-refractivity contribution is -0.124. The number of likely N-dealkylation sites (tertiary alicyclic amines) is 1. The Hall–Kier alpha value is -1.70. The second-order valence-corrected chi connectivity index (χ2v) is 7.15. The van der Waals surface area contributed by atoms with Gasteiger partial charge in [-0.1, -0.05) is 17.7 Å². The van der Waals surface area contributed by atoms with Crippen LogP contribution < -0.4 is 11.1 Å². The van der Waals surface area contributed by atoms with E-state index in [4.69, 9.17) is 17.3 Å². The van der Waals surface area contributed by atoms with Gasteiger partial charge in [0.15, 0.2) is 0 Å². The number of hydrogen-bond donors (Lipinski definition) is 2. The Labute approximate surface area is 147 Å². The number of fused-ring (bicyclic) bond motifs is 1. The quantitative estimate of drug-likeness (QED) is 0.872. The minimum atomic E-state index is -0.626. The van der Waals surface area contributed by atoms with Gasteiger partial charge in [0.2, 0.25) is 5.91 Å². The predicted molar refractivity (Wildman–Crippen MR) is 92.9 cm³/mol. The van der Waals surface area contributed by atoms with E-state index in [1.54, 1.807) is 12.1 Å². The van der Waals surface area contributed by atoms with Crippen LogP contribution in [0.2, 0.25) is 5.02 Å². The van der Waals surface area contributed by atoms with Crippen molar-refractivity contribution < 1.29 is 14.0 Å². The van der Waals surface area contributed by atoms with Crippen LogP contribution >= 0.6 is 22.9 Å². The molecule has 0 saturated carbocycles. The number of benzene rings is 1. The molecular weight excluding hydrogens is 353 g/mol. The van der Waals surface area contributed by atoms with Gasteiger partial charge in [-0.05, 0) is 25.5 Å². The molecule has 0 unspecified atom stereocenters. The number of nitrogens with one attached hydrogen (secondary N) is 1. The van der Waals surface area contributed by atoms with Gasteiger partial charge in [-0.25, -0.2) is 4.39 Å². The van der Waals surface area contributed by atoms with Crippen LogP contribution in [0.1, 0.15) is 23.0 Å². The molecule has 1 aromatic heterocycles. The fraction of sp³-hybridized carbons (Fsp3) is 0.375. The third-order valence-corrected chi connectivity index (χ3v) is 5.68. The largest absolute Gasteiger partial charge is 0.355 e. The molecule has 1 aliphatic rings. The molecule has 128 valence electrons. The fourth-order valence-electron chi connectivity index (χ4n) is 2.97. The minimum Gasteiger partial charge on any atom is -0.355 e. The lowest BCUT2D eigenvalue weighted by Crippen LogP contribution is -2.45. The molecule has 2 atom stereocenters. The van der Waals surface area contributed by atoms with E-state index < -0.39 is 11.9 Å². The number of carbonyl (C=O) groups is 2. The monoisotopic (exact) mass is 369 g/mol. The van der Waals surface area contributed by atoms with Gasteiger partial charge in [0.25, 0.3) is 5.91 Å². The van der Waals surface area contributed by atoms with E-state index in [-0.39, 0.29) is 39.7 Å². The van der Waals surface area contributed by atoms with Gasteiger partial charge in [0.1, 0.15) is 16.7 Å². The third kappa shape index (κ3) is 2.87. The minimum absolute atomic E-state index is 0.0909. The third-order valence-electron chi connectivity index (χ3n) is 4.05. The van der Waals surface area contributed by atoms with Gasteiger partial charge in [0.05, 0.1) is 5.02 Å². The van der Waals surface area contributed by atoms with Crippen molar-refractivity contribution in [2.75, 3.05) is 13.1 Å². The Bertz CT molecular complexity index is 810. The number of amides is 2. The van der Waals surface area contributed by atoms with Crippen LogP contribution in [-0.4, -0.2) is 41.9 Å². The van der Waals surface area contributed by atoms with Crippen LogP contribution in [0.5, 0.6) is 0 Å². The molecule has 1 saturated heterocycles. The summed E-state index contributed by atoms with van der Waals surface area (Å²) in [6.07, 6.45) is 0.397. The van der Waals surface area contributed by atoms with Crippen molar-refractivity contribution in [3.63, 3.8) is 0 Å². The predicted octanol–water partition coefficient (Wildman–Crippen LogP) is 2.37. The van der Waals surface area contributed by atoms with E-state index in [2.05, 4.69) is 5.32 Å². The maximum Gasteiger partial charge on any atom is 0.266 e. The molecular formula is C16H17ClFN3O2S. The second kappa shape index (κ2) is 6.66. The molecule has 1 fully saturated rings. The molecule has 1 aromatic carbocycles. The highest BCUT2D eigenvalue weighted by molar-refractivity contribution is 7.21. The first-order chi connectivity index (χ1) is 11.4. The lowest BCUT2D eigenvalue weighted by Gasteiger charge is -2.23. The highest BCUT2D eigenvalue weighted by atomic mass is 35.5. The summed E-state index contributed by atoms with van der Waals surface area (Å²) in [5.74, 6) is -1.08. The summed E-state index contributed by atoms with van der Waals surface area (Å²) in [4.78, 5) is 26.8. The lowest BCUT2D eigenvalue weighted by atomic mass is 10.1. The highest BCUT2D eigenvalue weighted by Crippen LogP contribution is 2.38. The molecule has 8 heteroatoms. The zero-order valence-corrected chi connectivity index (χ0v) is 14.6. The molecule has 5 nitrogen and oxygen atoms in total. The zero-order chi connectivity index (χ0) is 17.4. The van der Waals surface area contributed by atoms with E-state index in [1.165, 1.54) is 11.0 Å². The number of rotatable bonds is 3. The van der Waals surface area contributed by atoms with Crippen LogP contribution in [0, 0.1) is 5.82 Å². The Morgan fingerprint density at radius 2 is 2.25 bits per heavy atom. The normalized spacial score (nSPS) is 20.6. The molecule has 2 heterocycles. The fourth-order valence-corrected chi connectivity index (χ4v) is 4.48. The summed E-state index contributed by atoms with van der Waals surface area (Å²) in [5, 5.41) is 3.05. The van der Waals surface area contributed by atoms with E-state index in [0.29, 0.717) is 17.7 Å². The molecule has 1 aliphatic heterocycles. The van der Waals surface area contributed by atoms with Gasteiger partial charge >= 0.3 is 0 Å². The van der Waals surface area contributed by atoms with Gasteiger partial charge < -0.3 is 16.0 Å². The van der Waals surface area contributed by atoms with Crippen LogP contribution in [0.3, 0.4) is 0 Å². The number of hydrogen-bond acceptors (Lipinski definition) is 4. The standard InChI is InChI=1S/C16H17ClFN3O2S/c1-2-20-15(22)10-6-8(19)7-21(10)16(23)14-13(17)12-9(18)4-3-5-11(12)24-14/h3-5,8,10H,2,6-7,19H2,1H3,(H,20,22)/t8-,10-/m0/s1. The van der Waals surface area contributed by atoms with Crippen LogP contribution in [0.25, 0.3) is 10.1 Å². The maximum atomic E-state index is 14.0. The Kier molecular flexibility index (Phi) is 4.76. The topological polar surface area (TPSA) is 75.4 Å². The van der Waals surface area contributed by atoms with Crippen molar-refractivity contribution in [1.29, 1.82) is 0 Å². The number of likely N-dealkylation sites (N-methyl/N-ethyl adjacent to an activating group) is 1. The summed E-state index contributed by atoms with van der Waals surface area (Å²) >= 11 is 7.38. The first-order valence-corrected chi connectivity index (χ1v) is 8.84. The van der Waals surface area contributed by atoms with E-state index in [1.807, 2.05) is 6.92 Å². The first kappa shape index (κ1) is 17.1. The highest BCUT2D eigenvalue weighted by Gasteiger charge is 2.39. The summed E-state index contributed by atoms with van der Waals surface area (Å²) < 4.78 is 14.6. The van der Waals surface area contributed by atoms with Crippen molar-refractivity contribution >= 4 is 44.8 Å². The van der Waals surface area contributed by atoms with E-state index >= 15 is 0 Å². The molecule has 24 heavy (non-hydrogen) atoms. The van der Waals surface area contributed by atoms with Crippen LogP contribution in [0.15, 0.2) is 18.2 Å². The smallest absolute Gasteiger partial charge is 0.266 e.